The third-order valence-electron chi connectivity index (χ3n) is 5.53. The Labute approximate surface area is 157 Å². The first-order valence-electron chi connectivity index (χ1n) is 9.59. The number of nitrogens with one attached hydrogen (secondary N) is 2. The van der Waals surface area contributed by atoms with Gasteiger partial charge in [0.05, 0.1) is 11.6 Å². The van der Waals surface area contributed by atoms with Crippen LogP contribution in [0.2, 0.25) is 0 Å². The molecule has 0 spiro atoms. The maximum Gasteiger partial charge on any atom is 0.229 e. The lowest BCUT2D eigenvalue weighted by Gasteiger charge is -2.22. The van der Waals surface area contributed by atoms with E-state index in [0.717, 1.165) is 48.2 Å². The summed E-state index contributed by atoms with van der Waals surface area (Å²) < 4.78 is 2.01. The van der Waals surface area contributed by atoms with Gasteiger partial charge in [0.2, 0.25) is 5.91 Å². The molecule has 0 aliphatic heterocycles. The molecule has 1 unspecified atom stereocenters. The molecule has 0 saturated heterocycles. The molecule has 4 aromatic rings. The summed E-state index contributed by atoms with van der Waals surface area (Å²) in [5.74, 6) is 0.0356. The second-order valence-electron chi connectivity index (χ2n) is 7.25. The average molecular weight is 358 g/mol. The van der Waals surface area contributed by atoms with Gasteiger partial charge in [-0.05, 0) is 43.0 Å². The Morgan fingerprint density at radius 1 is 1.22 bits per heavy atom. The van der Waals surface area contributed by atoms with Crippen molar-refractivity contribution in [2.45, 2.75) is 31.6 Å². The minimum Gasteiger partial charge on any atom is -0.357 e. The zero-order chi connectivity index (χ0) is 18.2. The van der Waals surface area contributed by atoms with Gasteiger partial charge in [-0.25, -0.2) is 4.98 Å². The van der Waals surface area contributed by atoms with Gasteiger partial charge in [0.15, 0.2) is 0 Å². The zero-order valence-corrected chi connectivity index (χ0v) is 15.1. The maximum atomic E-state index is 12.8. The quantitative estimate of drug-likeness (QED) is 0.586. The van der Waals surface area contributed by atoms with Gasteiger partial charge in [0.1, 0.15) is 5.65 Å². The number of benzene rings is 1. The Morgan fingerprint density at radius 2 is 2.11 bits per heavy atom. The molecule has 3 aromatic heterocycles. The fourth-order valence-electron chi connectivity index (χ4n) is 4.22. The van der Waals surface area contributed by atoms with Crippen molar-refractivity contribution in [3.05, 3.63) is 71.8 Å². The fourth-order valence-corrected chi connectivity index (χ4v) is 4.22. The minimum absolute atomic E-state index is 0.0813. The van der Waals surface area contributed by atoms with Crippen molar-refractivity contribution in [2.24, 2.45) is 0 Å². The molecule has 136 valence electrons. The van der Waals surface area contributed by atoms with Gasteiger partial charge in [-0.2, -0.15) is 0 Å². The van der Waals surface area contributed by atoms with E-state index in [4.69, 9.17) is 0 Å². The number of carbonyl (C=O) groups is 1. The van der Waals surface area contributed by atoms with Crippen LogP contribution in [0.15, 0.2) is 54.9 Å². The Kier molecular flexibility index (Phi) is 3.93. The smallest absolute Gasteiger partial charge is 0.229 e. The monoisotopic (exact) mass is 358 g/mol. The number of hydrogen-bond acceptors (Lipinski definition) is 2. The molecule has 1 aromatic carbocycles. The minimum atomic E-state index is -0.0813. The number of nitrogens with zero attached hydrogens (tertiary/aromatic N) is 2. The van der Waals surface area contributed by atoms with E-state index < -0.39 is 0 Å². The number of hydrogen-bond donors (Lipinski definition) is 2. The number of aryl methyl sites for hydroxylation is 1. The summed E-state index contributed by atoms with van der Waals surface area (Å²) in [5, 5.41) is 4.38. The third-order valence-corrected chi connectivity index (χ3v) is 5.53. The fraction of sp³-hybridized carbons (Fsp3) is 0.273. The van der Waals surface area contributed by atoms with Gasteiger partial charge in [-0.15, -0.1) is 0 Å². The third kappa shape index (κ3) is 2.89. The molecule has 5 heteroatoms. The van der Waals surface area contributed by atoms with Crippen LogP contribution in [0, 0.1) is 0 Å². The van der Waals surface area contributed by atoms with Crippen molar-refractivity contribution in [1.82, 2.24) is 19.7 Å². The number of pyridine rings is 1. The number of imidazole rings is 1. The molecule has 1 aliphatic rings. The van der Waals surface area contributed by atoms with E-state index in [1.54, 1.807) is 0 Å². The van der Waals surface area contributed by atoms with Crippen molar-refractivity contribution in [2.75, 3.05) is 6.54 Å². The van der Waals surface area contributed by atoms with Crippen LogP contribution in [-0.2, 0) is 17.6 Å². The second kappa shape index (κ2) is 6.58. The molecule has 0 bridgehead atoms. The number of aromatic amines is 1. The predicted molar refractivity (Wildman–Crippen MR) is 106 cm³/mol. The molecule has 0 saturated carbocycles. The van der Waals surface area contributed by atoms with Gasteiger partial charge < -0.3 is 14.7 Å². The van der Waals surface area contributed by atoms with Crippen molar-refractivity contribution in [1.29, 1.82) is 0 Å². The van der Waals surface area contributed by atoms with Crippen molar-refractivity contribution < 1.29 is 4.79 Å². The zero-order valence-electron chi connectivity index (χ0n) is 15.1. The lowest BCUT2D eigenvalue weighted by atomic mass is 9.86. The number of H-pyrrole nitrogens is 1. The molecular weight excluding hydrogens is 336 g/mol. The number of rotatable bonds is 4. The van der Waals surface area contributed by atoms with Crippen molar-refractivity contribution in [3.63, 3.8) is 0 Å². The first-order chi connectivity index (χ1) is 13.3. The standard InChI is InChI=1S/C22H22N4O/c27-22(23-12-11-15-14-26-13-4-3-10-20(26)24-15)18-8-5-7-17-16-6-1-2-9-19(16)25-21(17)18/h1-4,6,9-10,13-14,18,25H,5,7-8,11-12H2,(H,23,27). The van der Waals surface area contributed by atoms with Gasteiger partial charge in [0.25, 0.3) is 0 Å². The van der Waals surface area contributed by atoms with Crippen LogP contribution in [0.25, 0.3) is 16.6 Å². The number of para-hydroxylation sites is 1. The number of aromatic nitrogens is 3. The van der Waals surface area contributed by atoms with E-state index in [1.807, 2.05) is 41.1 Å². The second-order valence-corrected chi connectivity index (χ2v) is 7.25. The van der Waals surface area contributed by atoms with Crippen LogP contribution in [0.5, 0.6) is 0 Å². The van der Waals surface area contributed by atoms with Gasteiger partial charge in [-0.1, -0.05) is 24.3 Å². The summed E-state index contributed by atoms with van der Waals surface area (Å²) in [7, 11) is 0. The first kappa shape index (κ1) is 16.1. The van der Waals surface area contributed by atoms with E-state index >= 15 is 0 Å². The lowest BCUT2D eigenvalue weighted by molar-refractivity contribution is -0.122. The van der Waals surface area contributed by atoms with Gasteiger partial charge in [0, 0.05) is 42.0 Å². The molecule has 2 N–H and O–H groups in total. The lowest BCUT2D eigenvalue weighted by Crippen LogP contribution is -2.32. The molecule has 0 fully saturated rings. The Morgan fingerprint density at radius 3 is 3.04 bits per heavy atom. The predicted octanol–water partition coefficient (Wildman–Crippen LogP) is 3.59. The highest BCUT2D eigenvalue weighted by atomic mass is 16.1. The van der Waals surface area contributed by atoms with Crippen LogP contribution in [0.4, 0.5) is 0 Å². The molecule has 5 nitrogen and oxygen atoms in total. The summed E-state index contributed by atoms with van der Waals surface area (Å²) in [5.41, 5.74) is 5.49. The van der Waals surface area contributed by atoms with Crippen LogP contribution in [0.3, 0.4) is 0 Å². The average Bonchev–Trinajstić information content (AvgIpc) is 3.28. The molecule has 27 heavy (non-hydrogen) atoms. The molecule has 1 aliphatic carbocycles. The normalized spacial score (nSPS) is 16.5. The molecule has 5 rings (SSSR count). The Balaban J connectivity index is 1.29. The van der Waals surface area contributed by atoms with E-state index in [-0.39, 0.29) is 11.8 Å². The number of carbonyl (C=O) groups excluding carboxylic acids is 1. The summed E-state index contributed by atoms with van der Waals surface area (Å²) in [6.07, 6.45) is 7.76. The summed E-state index contributed by atoms with van der Waals surface area (Å²) in [6, 6.07) is 14.3. The van der Waals surface area contributed by atoms with E-state index in [2.05, 4.69) is 33.5 Å². The van der Waals surface area contributed by atoms with Crippen LogP contribution < -0.4 is 5.32 Å². The molecule has 0 radical (unpaired) electrons. The summed E-state index contributed by atoms with van der Waals surface area (Å²) in [4.78, 5) is 20.9. The van der Waals surface area contributed by atoms with Gasteiger partial charge in [-0.3, -0.25) is 4.79 Å². The van der Waals surface area contributed by atoms with Gasteiger partial charge >= 0.3 is 0 Å². The first-order valence-corrected chi connectivity index (χ1v) is 9.59. The number of fused-ring (bicyclic) bond motifs is 4. The van der Waals surface area contributed by atoms with E-state index in [0.29, 0.717) is 6.54 Å². The highest BCUT2D eigenvalue weighted by Gasteiger charge is 2.29. The largest absolute Gasteiger partial charge is 0.357 e. The van der Waals surface area contributed by atoms with E-state index in [1.165, 1.54) is 10.9 Å². The summed E-state index contributed by atoms with van der Waals surface area (Å²) >= 11 is 0. The molecule has 1 atom stereocenters. The Bertz CT molecular complexity index is 1090. The maximum absolute atomic E-state index is 12.8. The number of amides is 1. The van der Waals surface area contributed by atoms with Crippen LogP contribution in [0.1, 0.15) is 35.7 Å². The topological polar surface area (TPSA) is 62.2 Å². The van der Waals surface area contributed by atoms with Crippen molar-refractivity contribution >= 4 is 22.5 Å². The van der Waals surface area contributed by atoms with Crippen LogP contribution in [-0.4, -0.2) is 26.8 Å². The van der Waals surface area contributed by atoms with Crippen molar-refractivity contribution in [3.8, 4) is 0 Å². The van der Waals surface area contributed by atoms with Crippen LogP contribution >= 0.6 is 0 Å². The molecule has 3 heterocycles. The van der Waals surface area contributed by atoms with E-state index in [9.17, 15) is 4.79 Å². The molecular formula is C22H22N4O. The highest BCUT2D eigenvalue weighted by molar-refractivity contribution is 5.90. The Hall–Kier alpha value is -3.08. The SMILES string of the molecule is O=C(NCCc1cn2ccccc2n1)C1CCCc2c1[nH]c1ccccc21. The molecule has 1 amide bonds. The highest BCUT2D eigenvalue weighted by Crippen LogP contribution is 2.36. The summed E-state index contributed by atoms with van der Waals surface area (Å²) in [6.45, 7) is 0.606.